The van der Waals surface area contributed by atoms with Crippen LogP contribution in [0.15, 0.2) is 30.3 Å². The standard InChI is InChI=1S/C11H15NO2/c1-2-14-11(9-13)8-12-10-6-4-3-5-7-10/h3-7,9,11-12H,2,8H2,1H3. The van der Waals surface area contributed by atoms with Gasteiger partial charge in [-0.05, 0) is 19.1 Å². The summed E-state index contributed by atoms with van der Waals surface area (Å²) < 4.78 is 5.18. The van der Waals surface area contributed by atoms with Crippen molar-refractivity contribution in [2.24, 2.45) is 0 Å². The lowest BCUT2D eigenvalue weighted by Crippen LogP contribution is -2.24. The highest BCUT2D eigenvalue weighted by molar-refractivity contribution is 5.58. The van der Waals surface area contributed by atoms with E-state index in [4.69, 9.17) is 4.74 Å². The van der Waals surface area contributed by atoms with Crippen molar-refractivity contribution in [2.45, 2.75) is 13.0 Å². The number of rotatable bonds is 6. The summed E-state index contributed by atoms with van der Waals surface area (Å²) >= 11 is 0. The highest BCUT2D eigenvalue weighted by Gasteiger charge is 2.04. The smallest absolute Gasteiger partial charge is 0.150 e. The summed E-state index contributed by atoms with van der Waals surface area (Å²) in [6, 6.07) is 9.74. The van der Waals surface area contributed by atoms with Crippen LogP contribution in [0.3, 0.4) is 0 Å². The molecule has 1 aromatic rings. The number of anilines is 1. The summed E-state index contributed by atoms with van der Waals surface area (Å²) in [6.45, 7) is 2.94. The van der Waals surface area contributed by atoms with Gasteiger partial charge in [0.2, 0.25) is 0 Å². The van der Waals surface area contributed by atoms with E-state index in [1.165, 1.54) is 0 Å². The van der Waals surface area contributed by atoms with Gasteiger partial charge in [0, 0.05) is 18.8 Å². The van der Waals surface area contributed by atoms with Gasteiger partial charge in [-0.3, -0.25) is 0 Å². The summed E-state index contributed by atoms with van der Waals surface area (Å²) in [5.74, 6) is 0. The fourth-order valence-corrected chi connectivity index (χ4v) is 1.13. The molecule has 0 fully saturated rings. The van der Waals surface area contributed by atoms with Crippen molar-refractivity contribution in [1.82, 2.24) is 0 Å². The Kier molecular flexibility index (Phi) is 4.72. The Bertz CT molecular complexity index is 261. The molecule has 1 N–H and O–H groups in total. The third-order valence-electron chi connectivity index (χ3n) is 1.81. The molecule has 76 valence electrons. The van der Waals surface area contributed by atoms with Crippen molar-refractivity contribution in [2.75, 3.05) is 18.5 Å². The fourth-order valence-electron chi connectivity index (χ4n) is 1.13. The van der Waals surface area contributed by atoms with Gasteiger partial charge in [-0.2, -0.15) is 0 Å². The van der Waals surface area contributed by atoms with E-state index in [9.17, 15) is 4.79 Å². The minimum Gasteiger partial charge on any atom is -0.382 e. The molecule has 0 bridgehead atoms. The van der Waals surface area contributed by atoms with E-state index in [-0.39, 0.29) is 6.10 Å². The molecule has 0 aliphatic heterocycles. The number of para-hydroxylation sites is 1. The maximum absolute atomic E-state index is 10.6. The average Bonchev–Trinajstić information content (AvgIpc) is 2.25. The molecule has 1 atom stereocenters. The zero-order valence-electron chi connectivity index (χ0n) is 8.27. The summed E-state index contributed by atoms with van der Waals surface area (Å²) in [7, 11) is 0. The molecular formula is C11H15NO2. The summed E-state index contributed by atoms with van der Waals surface area (Å²) in [4.78, 5) is 10.6. The largest absolute Gasteiger partial charge is 0.382 e. The molecule has 1 aromatic carbocycles. The average molecular weight is 193 g/mol. The Morgan fingerprint density at radius 3 is 2.71 bits per heavy atom. The van der Waals surface area contributed by atoms with Gasteiger partial charge >= 0.3 is 0 Å². The zero-order valence-corrected chi connectivity index (χ0v) is 8.27. The van der Waals surface area contributed by atoms with Gasteiger partial charge in [-0.15, -0.1) is 0 Å². The van der Waals surface area contributed by atoms with E-state index < -0.39 is 0 Å². The third kappa shape index (κ3) is 3.58. The number of nitrogens with one attached hydrogen (secondary N) is 1. The first kappa shape index (κ1) is 10.7. The predicted octanol–water partition coefficient (Wildman–Crippen LogP) is 1.70. The van der Waals surface area contributed by atoms with E-state index in [0.29, 0.717) is 13.2 Å². The lowest BCUT2D eigenvalue weighted by molar-refractivity contribution is -0.117. The van der Waals surface area contributed by atoms with Crippen molar-refractivity contribution in [3.63, 3.8) is 0 Å². The van der Waals surface area contributed by atoms with Crippen molar-refractivity contribution >= 4 is 12.0 Å². The van der Waals surface area contributed by atoms with Crippen molar-refractivity contribution in [3.8, 4) is 0 Å². The summed E-state index contributed by atoms with van der Waals surface area (Å²) in [6.07, 6.45) is 0.458. The van der Waals surface area contributed by atoms with Gasteiger partial charge < -0.3 is 14.8 Å². The molecule has 1 unspecified atom stereocenters. The molecule has 0 saturated carbocycles. The highest BCUT2D eigenvalue weighted by Crippen LogP contribution is 2.04. The predicted molar refractivity (Wildman–Crippen MR) is 56.4 cm³/mol. The molecular weight excluding hydrogens is 178 g/mol. The van der Waals surface area contributed by atoms with Crippen molar-refractivity contribution < 1.29 is 9.53 Å². The molecule has 0 amide bonds. The normalized spacial score (nSPS) is 12.1. The molecule has 0 radical (unpaired) electrons. The van der Waals surface area contributed by atoms with Gasteiger partial charge in [0.05, 0.1) is 0 Å². The Morgan fingerprint density at radius 2 is 2.14 bits per heavy atom. The number of hydrogen-bond donors (Lipinski definition) is 1. The molecule has 14 heavy (non-hydrogen) atoms. The van der Waals surface area contributed by atoms with Crippen LogP contribution in [0.25, 0.3) is 0 Å². The topological polar surface area (TPSA) is 38.3 Å². The molecule has 0 aromatic heterocycles. The first-order valence-electron chi connectivity index (χ1n) is 4.72. The lowest BCUT2D eigenvalue weighted by Gasteiger charge is -2.12. The van der Waals surface area contributed by atoms with Gasteiger partial charge in [0.15, 0.2) is 6.29 Å². The van der Waals surface area contributed by atoms with Crippen molar-refractivity contribution in [3.05, 3.63) is 30.3 Å². The number of carbonyl (C=O) groups excluding carboxylic acids is 1. The van der Waals surface area contributed by atoms with E-state index in [1.54, 1.807) is 0 Å². The number of benzene rings is 1. The summed E-state index contributed by atoms with van der Waals surface area (Å²) in [5, 5.41) is 3.12. The first-order chi connectivity index (χ1) is 6.86. The SMILES string of the molecule is CCOC(C=O)CNc1ccccc1. The van der Waals surface area contributed by atoms with Gasteiger partial charge in [0.25, 0.3) is 0 Å². The van der Waals surface area contributed by atoms with E-state index >= 15 is 0 Å². The van der Waals surface area contributed by atoms with Crippen LogP contribution < -0.4 is 5.32 Å². The van der Waals surface area contributed by atoms with Crippen LogP contribution >= 0.6 is 0 Å². The molecule has 3 nitrogen and oxygen atoms in total. The van der Waals surface area contributed by atoms with Gasteiger partial charge in [0.1, 0.15) is 6.10 Å². The first-order valence-corrected chi connectivity index (χ1v) is 4.72. The van der Waals surface area contributed by atoms with Gasteiger partial charge in [-0.25, -0.2) is 0 Å². The van der Waals surface area contributed by atoms with E-state index in [0.717, 1.165) is 12.0 Å². The summed E-state index contributed by atoms with van der Waals surface area (Å²) in [5.41, 5.74) is 0.999. The fraction of sp³-hybridized carbons (Fsp3) is 0.364. The second-order valence-electron chi connectivity index (χ2n) is 2.88. The van der Waals surface area contributed by atoms with Crippen LogP contribution in [0, 0.1) is 0 Å². The van der Waals surface area contributed by atoms with Crippen LogP contribution in [0.1, 0.15) is 6.92 Å². The van der Waals surface area contributed by atoms with Crippen molar-refractivity contribution in [1.29, 1.82) is 0 Å². The maximum atomic E-state index is 10.6. The minimum atomic E-state index is -0.361. The molecule has 0 spiro atoms. The van der Waals surface area contributed by atoms with Crippen LogP contribution in [0.5, 0.6) is 0 Å². The number of aldehydes is 1. The van der Waals surface area contributed by atoms with Gasteiger partial charge in [-0.1, -0.05) is 18.2 Å². The third-order valence-corrected chi connectivity index (χ3v) is 1.81. The Hall–Kier alpha value is -1.35. The number of hydrogen-bond acceptors (Lipinski definition) is 3. The quantitative estimate of drug-likeness (QED) is 0.699. The minimum absolute atomic E-state index is 0.361. The van der Waals surface area contributed by atoms with Crippen LogP contribution in [0.4, 0.5) is 5.69 Å². The zero-order chi connectivity index (χ0) is 10.2. The van der Waals surface area contributed by atoms with Crippen LogP contribution in [0.2, 0.25) is 0 Å². The Balaban J connectivity index is 2.35. The molecule has 0 aliphatic carbocycles. The maximum Gasteiger partial charge on any atom is 0.150 e. The molecule has 0 heterocycles. The molecule has 1 rings (SSSR count). The highest BCUT2D eigenvalue weighted by atomic mass is 16.5. The van der Waals surface area contributed by atoms with E-state index in [1.807, 2.05) is 37.3 Å². The second kappa shape index (κ2) is 6.16. The Morgan fingerprint density at radius 1 is 1.43 bits per heavy atom. The number of ether oxygens (including phenoxy) is 1. The van der Waals surface area contributed by atoms with Crippen LogP contribution in [-0.4, -0.2) is 25.5 Å². The second-order valence-corrected chi connectivity index (χ2v) is 2.88. The number of carbonyl (C=O) groups is 1. The molecule has 0 saturated heterocycles. The molecule has 0 aliphatic rings. The lowest BCUT2D eigenvalue weighted by atomic mass is 10.3. The van der Waals surface area contributed by atoms with Crippen LogP contribution in [-0.2, 0) is 9.53 Å². The Labute approximate surface area is 84.1 Å². The molecule has 3 heteroatoms. The van der Waals surface area contributed by atoms with E-state index in [2.05, 4.69) is 5.32 Å². The monoisotopic (exact) mass is 193 g/mol.